The highest BCUT2D eigenvalue weighted by molar-refractivity contribution is 8.00. The lowest BCUT2D eigenvalue weighted by Crippen LogP contribution is -2.26. The van der Waals surface area contributed by atoms with Gasteiger partial charge in [0.1, 0.15) is 5.75 Å². The topological polar surface area (TPSA) is 73.2 Å². The van der Waals surface area contributed by atoms with E-state index >= 15 is 0 Å². The van der Waals surface area contributed by atoms with Crippen molar-refractivity contribution in [2.24, 2.45) is 0 Å². The van der Waals surface area contributed by atoms with E-state index in [1.807, 2.05) is 56.3 Å². The number of nitrogens with one attached hydrogen (secondary N) is 1. The van der Waals surface area contributed by atoms with E-state index in [0.29, 0.717) is 34.1 Å². The lowest BCUT2D eigenvalue weighted by molar-refractivity contribution is -0.115. The quantitative estimate of drug-likeness (QED) is 0.466. The van der Waals surface area contributed by atoms with Gasteiger partial charge in [-0.3, -0.25) is 14.2 Å². The van der Waals surface area contributed by atoms with Gasteiger partial charge in [0, 0.05) is 6.04 Å². The summed E-state index contributed by atoms with van der Waals surface area (Å²) in [5, 5.41) is 3.72. The van der Waals surface area contributed by atoms with Gasteiger partial charge in [-0.2, -0.15) is 0 Å². The first-order valence-electron chi connectivity index (χ1n) is 9.79. The molecule has 1 heterocycles. The van der Waals surface area contributed by atoms with Crippen LogP contribution in [0.25, 0.3) is 10.9 Å². The van der Waals surface area contributed by atoms with E-state index in [2.05, 4.69) is 5.32 Å². The second kappa shape index (κ2) is 8.29. The van der Waals surface area contributed by atoms with Crippen LogP contribution in [-0.4, -0.2) is 27.3 Å². The molecule has 1 amide bonds. The van der Waals surface area contributed by atoms with Crippen LogP contribution < -0.4 is 15.6 Å². The number of benzene rings is 2. The van der Waals surface area contributed by atoms with Gasteiger partial charge in [0.2, 0.25) is 5.91 Å². The van der Waals surface area contributed by atoms with Gasteiger partial charge in [-0.05, 0) is 51.0 Å². The summed E-state index contributed by atoms with van der Waals surface area (Å²) in [6.07, 6.45) is 1.94. The van der Waals surface area contributed by atoms with Gasteiger partial charge in [0.15, 0.2) is 5.16 Å². The summed E-state index contributed by atoms with van der Waals surface area (Å²) in [4.78, 5) is 30.5. The molecule has 0 spiro atoms. The van der Waals surface area contributed by atoms with E-state index in [1.54, 1.807) is 10.6 Å². The summed E-state index contributed by atoms with van der Waals surface area (Å²) >= 11 is 1.31. The number of ether oxygens (including phenoxy) is 1. The maximum atomic E-state index is 13.0. The van der Waals surface area contributed by atoms with Crippen LogP contribution in [0, 0.1) is 0 Å². The monoisotopic (exact) mass is 409 g/mol. The van der Waals surface area contributed by atoms with Crippen molar-refractivity contribution in [2.45, 2.75) is 43.1 Å². The molecular formula is C22H23N3O3S. The number of nitrogens with zero attached hydrogens (tertiary/aromatic N) is 2. The molecule has 6 nitrogen and oxygen atoms in total. The minimum absolute atomic E-state index is 0.0325. The molecule has 29 heavy (non-hydrogen) atoms. The van der Waals surface area contributed by atoms with Crippen molar-refractivity contribution in [1.29, 1.82) is 0 Å². The summed E-state index contributed by atoms with van der Waals surface area (Å²) in [6.45, 7) is 4.24. The molecule has 1 aliphatic carbocycles. The number of hydrogen-bond acceptors (Lipinski definition) is 5. The summed E-state index contributed by atoms with van der Waals surface area (Å²) in [5.74, 6) is 0.478. The number of fused-ring (bicyclic) bond motifs is 1. The van der Waals surface area contributed by atoms with E-state index in [-0.39, 0.29) is 17.5 Å². The maximum Gasteiger partial charge on any atom is 0.262 e. The Balaban J connectivity index is 1.59. The van der Waals surface area contributed by atoms with Crippen LogP contribution in [0.2, 0.25) is 0 Å². The van der Waals surface area contributed by atoms with Crippen molar-refractivity contribution >= 4 is 34.3 Å². The average molecular weight is 410 g/mol. The first-order valence-corrected chi connectivity index (χ1v) is 10.7. The fraction of sp³-hybridized carbons (Fsp3) is 0.318. The molecule has 0 radical (unpaired) electrons. The minimum Gasteiger partial charge on any atom is -0.492 e. The predicted molar refractivity (Wildman–Crippen MR) is 116 cm³/mol. The Morgan fingerprint density at radius 3 is 2.72 bits per heavy atom. The van der Waals surface area contributed by atoms with Crippen LogP contribution in [0.1, 0.15) is 32.7 Å². The van der Waals surface area contributed by atoms with Crippen LogP contribution in [0.15, 0.2) is 58.5 Å². The highest BCUT2D eigenvalue weighted by Crippen LogP contribution is 2.37. The number of rotatable bonds is 7. The molecule has 0 bridgehead atoms. The third-order valence-electron chi connectivity index (χ3n) is 4.78. The Hall–Kier alpha value is -2.80. The van der Waals surface area contributed by atoms with E-state index in [9.17, 15) is 9.59 Å². The van der Waals surface area contributed by atoms with Gasteiger partial charge >= 0.3 is 0 Å². The molecule has 1 atom stereocenters. The number of thioether (sulfide) groups is 1. The van der Waals surface area contributed by atoms with Crippen molar-refractivity contribution in [1.82, 2.24) is 9.55 Å². The fourth-order valence-corrected chi connectivity index (χ4v) is 4.14. The molecule has 150 valence electrons. The van der Waals surface area contributed by atoms with E-state index < -0.39 is 5.25 Å². The molecule has 0 saturated heterocycles. The van der Waals surface area contributed by atoms with E-state index in [1.165, 1.54) is 11.8 Å². The Kier molecular flexibility index (Phi) is 5.58. The SMILES string of the molecule is CCOc1ccccc1NC(=O)[C@H](C)Sc1nc2ccccc2c(=O)n1C1CC1. The number of amides is 1. The smallest absolute Gasteiger partial charge is 0.262 e. The lowest BCUT2D eigenvalue weighted by Gasteiger charge is -2.17. The van der Waals surface area contributed by atoms with E-state index in [4.69, 9.17) is 9.72 Å². The van der Waals surface area contributed by atoms with Gasteiger partial charge in [-0.25, -0.2) is 4.98 Å². The van der Waals surface area contributed by atoms with Gasteiger partial charge in [-0.1, -0.05) is 36.0 Å². The van der Waals surface area contributed by atoms with Crippen molar-refractivity contribution in [2.75, 3.05) is 11.9 Å². The van der Waals surface area contributed by atoms with Crippen molar-refractivity contribution in [3.63, 3.8) is 0 Å². The Bertz CT molecular complexity index is 1110. The number of anilines is 1. The van der Waals surface area contributed by atoms with Crippen molar-refractivity contribution < 1.29 is 9.53 Å². The summed E-state index contributed by atoms with van der Waals surface area (Å²) in [6, 6.07) is 14.9. The molecule has 1 fully saturated rings. The molecule has 1 aromatic heterocycles. The molecule has 0 unspecified atom stereocenters. The first kappa shape index (κ1) is 19.5. The molecule has 4 rings (SSSR count). The molecule has 7 heteroatoms. The minimum atomic E-state index is -0.428. The number of carbonyl (C=O) groups is 1. The molecule has 1 saturated carbocycles. The fourth-order valence-electron chi connectivity index (χ4n) is 3.16. The van der Waals surface area contributed by atoms with Gasteiger partial charge in [0.25, 0.3) is 5.56 Å². The molecular weight excluding hydrogens is 386 g/mol. The Labute approximate surface area is 173 Å². The zero-order valence-corrected chi connectivity index (χ0v) is 17.2. The van der Waals surface area contributed by atoms with Crippen LogP contribution in [0.3, 0.4) is 0 Å². The summed E-state index contributed by atoms with van der Waals surface area (Å²) in [7, 11) is 0. The normalized spacial score (nSPS) is 14.6. The highest BCUT2D eigenvalue weighted by Gasteiger charge is 2.30. The first-order chi connectivity index (χ1) is 14.1. The standard InChI is InChI=1S/C22H23N3O3S/c1-3-28-19-11-7-6-10-18(19)23-20(26)14(2)29-22-24-17-9-5-4-8-16(17)21(27)25(22)15-12-13-15/h4-11,14-15H,3,12-13H2,1-2H3,(H,23,26)/t14-/m0/s1. The second-order valence-corrected chi connectivity index (χ2v) is 8.30. The average Bonchev–Trinajstić information content (AvgIpc) is 3.55. The zero-order valence-electron chi connectivity index (χ0n) is 16.4. The molecule has 1 N–H and O–H groups in total. The number of hydrogen-bond donors (Lipinski definition) is 1. The van der Waals surface area contributed by atoms with E-state index in [0.717, 1.165) is 12.8 Å². The van der Waals surface area contributed by atoms with Crippen LogP contribution in [0.5, 0.6) is 5.75 Å². The second-order valence-electron chi connectivity index (χ2n) is 7.00. The van der Waals surface area contributed by atoms with Crippen LogP contribution in [0.4, 0.5) is 5.69 Å². The van der Waals surface area contributed by atoms with Crippen LogP contribution >= 0.6 is 11.8 Å². The molecule has 3 aromatic rings. The zero-order chi connectivity index (χ0) is 20.4. The predicted octanol–water partition coefficient (Wildman–Crippen LogP) is 4.25. The highest BCUT2D eigenvalue weighted by atomic mass is 32.2. The molecule has 1 aliphatic rings. The number of aromatic nitrogens is 2. The summed E-state index contributed by atoms with van der Waals surface area (Å²) in [5.41, 5.74) is 1.26. The lowest BCUT2D eigenvalue weighted by atomic mass is 10.2. The van der Waals surface area contributed by atoms with Crippen molar-refractivity contribution in [3.8, 4) is 5.75 Å². The van der Waals surface area contributed by atoms with Crippen molar-refractivity contribution in [3.05, 3.63) is 58.9 Å². The maximum absolute atomic E-state index is 13.0. The number of carbonyl (C=O) groups excluding carboxylic acids is 1. The molecule has 0 aliphatic heterocycles. The molecule has 2 aromatic carbocycles. The van der Waals surface area contributed by atoms with Gasteiger partial charge in [-0.15, -0.1) is 0 Å². The Morgan fingerprint density at radius 2 is 1.97 bits per heavy atom. The van der Waals surface area contributed by atoms with Gasteiger partial charge in [0.05, 0.1) is 28.4 Å². The number of para-hydroxylation sites is 3. The third kappa shape index (κ3) is 4.15. The van der Waals surface area contributed by atoms with Gasteiger partial charge < -0.3 is 10.1 Å². The summed E-state index contributed by atoms with van der Waals surface area (Å²) < 4.78 is 7.33. The Morgan fingerprint density at radius 1 is 1.24 bits per heavy atom. The van der Waals surface area contributed by atoms with Crippen LogP contribution in [-0.2, 0) is 4.79 Å². The third-order valence-corrected chi connectivity index (χ3v) is 5.85. The largest absolute Gasteiger partial charge is 0.492 e.